The monoisotopic (exact) mass is 288 g/mol. The molecule has 0 bridgehead atoms. The van der Waals surface area contributed by atoms with Crippen LogP contribution in [0.4, 0.5) is 0 Å². The molecule has 0 heterocycles. The van der Waals surface area contributed by atoms with Crippen LogP contribution in [0.2, 0.25) is 10.0 Å². The van der Waals surface area contributed by atoms with Gasteiger partial charge in [-0.3, -0.25) is 0 Å². The van der Waals surface area contributed by atoms with Crippen molar-refractivity contribution >= 4 is 40.5 Å². The Kier molecular flexibility index (Phi) is 4.48. The summed E-state index contributed by atoms with van der Waals surface area (Å²) in [7, 11) is 0. The molecule has 2 N–H and O–H groups in total. The largest absolute Gasteiger partial charge is 0.360 e. The molecular weight excluding hydrogens is 275 g/mol. The summed E-state index contributed by atoms with van der Waals surface area (Å²) in [6, 6.07) is 6.02. The molecule has 1 aliphatic carbocycles. The van der Waals surface area contributed by atoms with Gasteiger partial charge < -0.3 is 10.6 Å². The number of rotatable bonds is 3. The van der Waals surface area contributed by atoms with Gasteiger partial charge >= 0.3 is 0 Å². The fourth-order valence-electron chi connectivity index (χ4n) is 1.63. The average molecular weight is 289 g/mol. The molecule has 5 heteroatoms. The Morgan fingerprint density at radius 3 is 2.71 bits per heavy atom. The normalized spacial score (nSPS) is 15.2. The first-order valence-electron chi connectivity index (χ1n) is 5.63. The first kappa shape index (κ1) is 12.9. The number of hydrogen-bond donors (Lipinski definition) is 2. The Bertz CT molecular complexity index is 419. The molecule has 2 rings (SSSR count). The van der Waals surface area contributed by atoms with E-state index in [9.17, 15) is 0 Å². The topological polar surface area (TPSA) is 24.1 Å². The van der Waals surface area contributed by atoms with E-state index in [0.717, 1.165) is 5.56 Å². The van der Waals surface area contributed by atoms with Crippen LogP contribution in [0.3, 0.4) is 0 Å². The van der Waals surface area contributed by atoms with Gasteiger partial charge in [0, 0.05) is 22.6 Å². The average Bonchev–Trinajstić information content (AvgIpc) is 2.22. The van der Waals surface area contributed by atoms with Crippen molar-refractivity contribution in [1.82, 2.24) is 10.6 Å². The maximum atomic E-state index is 6.07. The van der Waals surface area contributed by atoms with Crippen molar-refractivity contribution in [2.75, 3.05) is 0 Å². The van der Waals surface area contributed by atoms with E-state index in [1.165, 1.54) is 19.3 Å². The van der Waals surface area contributed by atoms with Crippen molar-refractivity contribution in [3.8, 4) is 0 Å². The van der Waals surface area contributed by atoms with Crippen LogP contribution >= 0.6 is 35.4 Å². The lowest BCUT2D eigenvalue weighted by atomic mass is 9.93. The van der Waals surface area contributed by atoms with E-state index >= 15 is 0 Å². The molecule has 1 saturated carbocycles. The Morgan fingerprint density at radius 1 is 1.35 bits per heavy atom. The van der Waals surface area contributed by atoms with Crippen LogP contribution in [-0.4, -0.2) is 11.2 Å². The van der Waals surface area contributed by atoms with E-state index in [2.05, 4.69) is 10.6 Å². The minimum absolute atomic E-state index is 0.552. The molecule has 1 aromatic carbocycles. The molecule has 0 spiro atoms. The van der Waals surface area contributed by atoms with E-state index in [1.807, 2.05) is 12.1 Å². The van der Waals surface area contributed by atoms with Crippen molar-refractivity contribution < 1.29 is 0 Å². The van der Waals surface area contributed by atoms with Crippen LogP contribution < -0.4 is 10.6 Å². The Hall–Kier alpha value is -0.510. The van der Waals surface area contributed by atoms with Crippen LogP contribution in [0.5, 0.6) is 0 Å². The Labute approximate surface area is 117 Å². The maximum Gasteiger partial charge on any atom is 0.166 e. The van der Waals surface area contributed by atoms with Crippen molar-refractivity contribution in [1.29, 1.82) is 0 Å². The smallest absolute Gasteiger partial charge is 0.166 e. The first-order chi connectivity index (χ1) is 8.15. The molecule has 1 aliphatic rings. The van der Waals surface area contributed by atoms with Crippen LogP contribution in [0.15, 0.2) is 18.2 Å². The lowest BCUT2D eigenvalue weighted by molar-refractivity contribution is 0.382. The van der Waals surface area contributed by atoms with Gasteiger partial charge in [0.1, 0.15) is 0 Å². The number of benzene rings is 1. The molecule has 2 nitrogen and oxygen atoms in total. The van der Waals surface area contributed by atoms with Crippen molar-refractivity contribution in [2.24, 2.45) is 0 Å². The second-order valence-corrected chi connectivity index (χ2v) is 5.44. The van der Waals surface area contributed by atoms with Crippen molar-refractivity contribution in [2.45, 2.75) is 31.8 Å². The molecule has 0 saturated heterocycles. The van der Waals surface area contributed by atoms with Gasteiger partial charge in [-0.2, -0.15) is 0 Å². The van der Waals surface area contributed by atoms with Crippen LogP contribution in [0.25, 0.3) is 0 Å². The Morgan fingerprint density at radius 2 is 2.12 bits per heavy atom. The SMILES string of the molecule is S=C(NCc1ccc(Cl)cc1Cl)NC1CCC1. The van der Waals surface area contributed by atoms with Gasteiger partial charge in [-0.05, 0) is 49.2 Å². The van der Waals surface area contributed by atoms with E-state index in [0.29, 0.717) is 27.7 Å². The van der Waals surface area contributed by atoms with Gasteiger partial charge in [-0.1, -0.05) is 29.3 Å². The quantitative estimate of drug-likeness (QED) is 0.833. The third-order valence-electron chi connectivity index (χ3n) is 2.89. The lowest BCUT2D eigenvalue weighted by Crippen LogP contribution is -2.44. The zero-order chi connectivity index (χ0) is 12.3. The molecule has 0 radical (unpaired) electrons. The van der Waals surface area contributed by atoms with Gasteiger partial charge in [-0.15, -0.1) is 0 Å². The third-order valence-corrected chi connectivity index (χ3v) is 3.74. The van der Waals surface area contributed by atoms with Crippen molar-refractivity contribution in [3.05, 3.63) is 33.8 Å². The van der Waals surface area contributed by atoms with Gasteiger partial charge in [-0.25, -0.2) is 0 Å². The Balaban J connectivity index is 1.82. The summed E-state index contributed by atoms with van der Waals surface area (Å²) in [6.07, 6.45) is 3.72. The molecule has 1 fully saturated rings. The van der Waals surface area contributed by atoms with Crippen LogP contribution in [-0.2, 0) is 6.54 Å². The van der Waals surface area contributed by atoms with Crippen LogP contribution in [0.1, 0.15) is 24.8 Å². The molecule has 0 amide bonds. The first-order valence-corrected chi connectivity index (χ1v) is 6.80. The zero-order valence-corrected chi connectivity index (χ0v) is 11.6. The van der Waals surface area contributed by atoms with Crippen LogP contribution in [0, 0.1) is 0 Å². The zero-order valence-electron chi connectivity index (χ0n) is 9.30. The van der Waals surface area contributed by atoms with E-state index in [4.69, 9.17) is 35.4 Å². The molecule has 0 unspecified atom stereocenters. The standard InChI is InChI=1S/C12H14Cl2N2S/c13-9-5-4-8(11(14)6-9)7-15-12(17)16-10-2-1-3-10/h4-6,10H,1-3,7H2,(H2,15,16,17). The summed E-state index contributed by atoms with van der Waals surface area (Å²) >= 11 is 17.1. The molecule has 1 aromatic rings. The molecular formula is C12H14Cl2N2S. The summed E-state index contributed by atoms with van der Waals surface area (Å²) in [6.45, 7) is 0.620. The second kappa shape index (κ2) is 5.89. The summed E-state index contributed by atoms with van der Waals surface area (Å²) in [5.41, 5.74) is 0.994. The molecule has 17 heavy (non-hydrogen) atoms. The van der Waals surface area contributed by atoms with Gasteiger partial charge in [0.05, 0.1) is 0 Å². The minimum Gasteiger partial charge on any atom is -0.360 e. The van der Waals surface area contributed by atoms with E-state index in [1.54, 1.807) is 6.07 Å². The molecule has 0 aliphatic heterocycles. The highest BCUT2D eigenvalue weighted by molar-refractivity contribution is 7.80. The second-order valence-electron chi connectivity index (χ2n) is 4.19. The lowest BCUT2D eigenvalue weighted by Gasteiger charge is -2.27. The fraction of sp³-hybridized carbons (Fsp3) is 0.417. The minimum atomic E-state index is 0.552. The predicted octanol–water partition coefficient (Wildman–Crippen LogP) is 3.51. The highest BCUT2D eigenvalue weighted by Gasteiger charge is 2.17. The number of hydrogen-bond acceptors (Lipinski definition) is 1. The van der Waals surface area contributed by atoms with Gasteiger partial charge in [0.2, 0.25) is 0 Å². The number of halogens is 2. The summed E-state index contributed by atoms with van der Waals surface area (Å²) in [4.78, 5) is 0. The highest BCUT2D eigenvalue weighted by Crippen LogP contribution is 2.21. The summed E-state index contributed by atoms with van der Waals surface area (Å²) in [5.74, 6) is 0. The summed E-state index contributed by atoms with van der Waals surface area (Å²) < 4.78 is 0. The number of thiocarbonyl (C=S) groups is 1. The molecule has 0 atom stereocenters. The van der Waals surface area contributed by atoms with E-state index < -0.39 is 0 Å². The third kappa shape index (κ3) is 3.73. The van der Waals surface area contributed by atoms with Gasteiger partial charge in [0.25, 0.3) is 0 Å². The maximum absolute atomic E-state index is 6.07. The van der Waals surface area contributed by atoms with Gasteiger partial charge in [0.15, 0.2) is 5.11 Å². The number of nitrogens with one attached hydrogen (secondary N) is 2. The van der Waals surface area contributed by atoms with Crippen molar-refractivity contribution in [3.63, 3.8) is 0 Å². The molecule has 0 aromatic heterocycles. The fourth-order valence-corrected chi connectivity index (χ4v) is 2.34. The molecule has 92 valence electrons. The predicted molar refractivity (Wildman–Crippen MR) is 76.7 cm³/mol. The summed E-state index contributed by atoms with van der Waals surface area (Å²) in [5, 5.41) is 8.43. The highest BCUT2D eigenvalue weighted by atomic mass is 35.5. The van der Waals surface area contributed by atoms with E-state index in [-0.39, 0.29) is 0 Å².